The average Bonchev–Trinajstić information content (AvgIpc) is 2.95. The topological polar surface area (TPSA) is 160 Å². The van der Waals surface area contributed by atoms with Crippen LogP contribution in [0.25, 0.3) is 22.4 Å². The van der Waals surface area contributed by atoms with Crippen molar-refractivity contribution in [2.24, 2.45) is 0 Å². The molecule has 42 heavy (non-hydrogen) atoms. The van der Waals surface area contributed by atoms with Crippen LogP contribution in [0, 0.1) is 0 Å². The highest BCUT2D eigenvalue weighted by Crippen LogP contribution is 2.36. The fourth-order valence-electron chi connectivity index (χ4n) is 4.44. The maximum Gasteiger partial charge on any atom is 0.416 e. The van der Waals surface area contributed by atoms with Gasteiger partial charge < -0.3 is 30.0 Å². The summed E-state index contributed by atoms with van der Waals surface area (Å²) in [7, 11) is -4.83. The van der Waals surface area contributed by atoms with Gasteiger partial charge in [0.25, 0.3) is 5.91 Å². The Morgan fingerprint density at radius 2 is 1.50 bits per heavy atom. The van der Waals surface area contributed by atoms with E-state index >= 15 is 0 Å². The van der Waals surface area contributed by atoms with Crippen molar-refractivity contribution >= 4 is 25.5 Å². The van der Waals surface area contributed by atoms with Gasteiger partial charge in [-0.05, 0) is 35.4 Å². The summed E-state index contributed by atoms with van der Waals surface area (Å²) >= 11 is 0. The number of hydrogen-bond acceptors (Lipinski definition) is 5. The molecule has 0 spiro atoms. The number of alkyl halides is 3. The van der Waals surface area contributed by atoms with Gasteiger partial charge in [-0.25, -0.2) is 9.78 Å². The van der Waals surface area contributed by atoms with E-state index in [1.165, 1.54) is 29.2 Å². The first-order chi connectivity index (χ1) is 19.7. The second-order valence-corrected chi connectivity index (χ2v) is 11.2. The van der Waals surface area contributed by atoms with Gasteiger partial charge in [0.05, 0.1) is 17.4 Å². The number of carbonyl (C=O) groups excluding carboxylic acids is 2. The zero-order valence-electron chi connectivity index (χ0n) is 21.9. The molecule has 0 bridgehead atoms. The SMILES string of the molecule is O=C(N[C@@H](CP(=O)(O)O)C(=O)N1CCN(C(=O)O)CC1)c1cc(-c2ccccc2)cc(-c2cccc(C(F)(F)F)c2)n1. The summed E-state index contributed by atoms with van der Waals surface area (Å²) in [5, 5.41) is 11.5. The minimum absolute atomic E-state index is 0.0234. The van der Waals surface area contributed by atoms with Crippen LogP contribution in [0.2, 0.25) is 0 Å². The second-order valence-electron chi connectivity index (χ2n) is 9.54. The number of hydrogen-bond donors (Lipinski definition) is 4. The van der Waals surface area contributed by atoms with Crippen LogP contribution >= 0.6 is 7.60 Å². The van der Waals surface area contributed by atoms with Crippen molar-refractivity contribution in [3.8, 4) is 22.4 Å². The maximum absolute atomic E-state index is 13.4. The zero-order chi connectivity index (χ0) is 30.7. The molecule has 1 saturated heterocycles. The maximum atomic E-state index is 13.4. The van der Waals surface area contributed by atoms with E-state index in [1.807, 2.05) is 0 Å². The zero-order valence-corrected chi connectivity index (χ0v) is 22.8. The van der Waals surface area contributed by atoms with Crippen LogP contribution in [0.15, 0.2) is 66.7 Å². The van der Waals surface area contributed by atoms with Crippen molar-refractivity contribution in [2.45, 2.75) is 12.2 Å². The lowest BCUT2D eigenvalue weighted by Gasteiger charge is -2.35. The molecule has 4 N–H and O–H groups in total. The van der Waals surface area contributed by atoms with E-state index in [0.717, 1.165) is 17.0 Å². The third-order valence-electron chi connectivity index (χ3n) is 6.54. The number of aromatic nitrogens is 1. The van der Waals surface area contributed by atoms with Crippen LogP contribution in [0.1, 0.15) is 16.1 Å². The average molecular weight is 606 g/mol. The molecule has 1 atom stereocenters. The summed E-state index contributed by atoms with van der Waals surface area (Å²) < 4.78 is 52.0. The van der Waals surface area contributed by atoms with Crippen LogP contribution in [-0.4, -0.2) is 86.0 Å². The fourth-order valence-corrected chi connectivity index (χ4v) is 5.16. The van der Waals surface area contributed by atoms with Crippen molar-refractivity contribution in [1.82, 2.24) is 20.1 Å². The summed E-state index contributed by atoms with van der Waals surface area (Å²) in [4.78, 5) is 63.5. The summed E-state index contributed by atoms with van der Waals surface area (Å²) in [5.41, 5.74) is -0.102. The molecule has 0 unspecified atom stereocenters. The first kappa shape index (κ1) is 30.7. The van der Waals surface area contributed by atoms with Gasteiger partial charge in [-0.2, -0.15) is 13.2 Å². The lowest BCUT2D eigenvalue weighted by Crippen LogP contribution is -2.56. The molecule has 11 nitrogen and oxygen atoms in total. The quantitative estimate of drug-likeness (QED) is 0.297. The molecule has 2 aromatic carbocycles. The summed E-state index contributed by atoms with van der Waals surface area (Å²) in [5.74, 6) is -1.81. The molecule has 0 aliphatic carbocycles. The van der Waals surface area contributed by atoms with E-state index in [4.69, 9.17) is 5.11 Å². The van der Waals surface area contributed by atoms with Gasteiger partial charge in [0.2, 0.25) is 5.91 Å². The van der Waals surface area contributed by atoms with E-state index < -0.39 is 49.4 Å². The number of rotatable bonds is 7. The molecule has 3 amide bonds. The van der Waals surface area contributed by atoms with E-state index in [1.54, 1.807) is 30.3 Å². The van der Waals surface area contributed by atoms with Gasteiger partial charge in [-0.15, -0.1) is 0 Å². The van der Waals surface area contributed by atoms with Crippen LogP contribution in [-0.2, 0) is 15.5 Å². The minimum Gasteiger partial charge on any atom is -0.465 e. The third-order valence-corrected chi connectivity index (χ3v) is 7.38. The monoisotopic (exact) mass is 606 g/mol. The van der Waals surface area contributed by atoms with Crippen LogP contribution in [0.3, 0.4) is 0 Å². The number of amides is 3. The van der Waals surface area contributed by atoms with Gasteiger partial charge in [-0.3, -0.25) is 14.2 Å². The van der Waals surface area contributed by atoms with E-state index in [2.05, 4.69) is 10.3 Å². The number of piperazine rings is 1. The molecule has 1 aliphatic rings. The standard InChI is InChI=1S/C27H26F3N4O7P/c28-27(29,30)20-8-4-7-18(13-20)21-14-19(17-5-2-1-3-6-17)15-22(31-21)24(35)32-23(16-42(39,40)41)25(36)33-9-11-34(12-10-33)26(37)38/h1-8,13-15,23H,9-12,16H2,(H,32,35)(H,37,38)(H2,39,40,41)/t23-/m0/s1. The molecule has 15 heteroatoms. The summed E-state index contributed by atoms with van der Waals surface area (Å²) in [6.07, 6.45) is -6.84. The molecule has 0 saturated carbocycles. The van der Waals surface area contributed by atoms with E-state index in [-0.39, 0.29) is 43.1 Å². The number of carboxylic acid groups (broad SMARTS) is 1. The highest BCUT2D eigenvalue weighted by atomic mass is 31.2. The lowest BCUT2D eigenvalue weighted by atomic mass is 10.0. The third kappa shape index (κ3) is 7.72. The molecule has 1 aliphatic heterocycles. The smallest absolute Gasteiger partial charge is 0.416 e. The molecule has 3 aromatic rings. The van der Waals surface area contributed by atoms with Crippen LogP contribution in [0.4, 0.5) is 18.0 Å². The Hall–Kier alpha value is -4.26. The molecule has 1 fully saturated rings. The van der Waals surface area contributed by atoms with Crippen molar-refractivity contribution in [1.29, 1.82) is 0 Å². The van der Waals surface area contributed by atoms with Gasteiger partial charge in [0, 0.05) is 31.7 Å². The predicted molar refractivity (Wildman–Crippen MR) is 144 cm³/mol. The summed E-state index contributed by atoms with van der Waals surface area (Å²) in [6, 6.07) is 14.2. The van der Waals surface area contributed by atoms with Gasteiger partial charge in [-0.1, -0.05) is 42.5 Å². The second kappa shape index (κ2) is 12.3. The molecule has 0 radical (unpaired) electrons. The van der Waals surface area contributed by atoms with Gasteiger partial charge in [0.15, 0.2) is 0 Å². The van der Waals surface area contributed by atoms with Gasteiger partial charge in [0.1, 0.15) is 11.7 Å². The first-order valence-electron chi connectivity index (χ1n) is 12.6. The number of benzene rings is 2. The Morgan fingerprint density at radius 3 is 2.10 bits per heavy atom. The number of halogens is 3. The highest BCUT2D eigenvalue weighted by Gasteiger charge is 2.35. The Bertz CT molecular complexity index is 1520. The predicted octanol–water partition coefficient (Wildman–Crippen LogP) is 3.53. The van der Waals surface area contributed by atoms with Crippen LogP contribution in [0.5, 0.6) is 0 Å². The fraction of sp³-hybridized carbons (Fsp3) is 0.259. The molecule has 1 aromatic heterocycles. The Labute approximate surface area is 237 Å². The molecule has 222 valence electrons. The largest absolute Gasteiger partial charge is 0.465 e. The number of nitrogens with zero attached hydrogens (tertiary/aromatic N) is 3. The van der Waals surface area contributed by atoms with E-state index in [0.29, 0.717) is 11.1 Å². The number of pyridine rings is 1. The van der Waals surface area contributed by atoms with Gasteiger partial charge >= 0.3 is 19.9 Å². The Morgan fingerprint density at radius 1 is 0.881 bits per heavy atom. The van der Waals surface area contributed by atoms with E-state index in [9.17, 15) is 41.9 Å². The molecule has 2 heterocycles. The number of carbonyl (C=O) groups is 3. The molecule has 4 rings (SSSR count). The van der Waals surface area contributed by atoms with Crippen molar-refractivity contribution in [2.75, 3.05) is 32.3 Å². The Kier molecular flexibility index (Phi) is 9.00. The van der Waals surface area contributed by atoms with Crippen molar-refractivity contribution in [3.63, 3.8) is 0 Å². The van der Waals surface area contributed by atoms with Crippen molar-refractivity contribution < 1.29 is 47.0 Å². The molecular formula is C27H26F3N4O7P. The van der Waals surface area contributed by atoms with Crippen molar-refractivity contribution in [3.05, 3.63) is 78.0 Å². The van der Waals surface area contributed by atoms with Crippen LogP contribution < -0.4 is 5.32 Å². The lowest BCUT2D eigenvalue weighted by molar-refractivity contribution is -0.137. The normalized spacial score (nSPS) is 14.8. The highest BCUT2D eigenvalue weighted by molar-refractivity contribution is 7.51. The molecular weight excluding hydrogens is 580 g/mol. The first-order valence-corrected chi connectivity index (χ1v) is 14.4. The summed E-state index contributed by atoms with van der Waals surface area (Å²) in [6.45, 7) is -0.169. The minimum atomic E-state index is -4.83. The Balaban J connectivity index is 1.68. The number of nitrogens with one attached hydrogen (secondary N) is 1.